The predicted octanol–water partition coefficient (Wildman–Crippen LogP) is 10.3. The first-order valence-electron chi connectivity index (χ1n) is 14.2. The van der Waals surface area contributed by atoms with Crippen LogP contribution >= 0.6 is 0 Å². The maximum Gasteiger partial charge on any atom is 0.0192 e. The molecule has 7 aromatic rings. The van der Waals surface area contributed by atoms with Gasteiger partial charge in [0.15, 0.2) is 0 Å². The number of fused-ring (bicyclic) bond motifs is 3. The second kappa shape index (κ2) is 13.3. The molecule has 2 nitrogen and oxygen atoms in total. The Morgan fingerprint density at radius 1 is 0.535 bits per heavy atom. The van der Waals surface area contributed by atoms with Crippen LogP contribution in [0.3, 0.4) is 0 Å². The van der Waals surface area contributed by atoms with Crippen LogP contribution in [0, 0.1) is 39.8 Å². The largest absolute Gasteiger partial charge is 0.305 e. The zero-order valence-electron chi connectivity index (χ0n) is 24.8. The molecule has 3 heteroatoms. The maximum absolute atomic E-state index is 4.47. The van der Waals surface area contributed by atoms with Gasteiger partial charge in [0.1, 0.15) is 0 Å². The van der Waals surface area contributed by atoms with Crippen LogP contribution in [0.2, 0.25) is 0 Å². The molecule has 0 aliphatic heterocycles. The van der Waals surface area contributed by atoms with E-state index in [4.69, 9.17) is 0 Å². The fourth-order valence-corrected chi connectivity index (χ4v) is 5.16. The normalized spacial score (nSPS) is 10.6. The minimum Gasteiger partial charge on any atom is -0.305 e. The van der Waals surface area contributed by atoms with Gasteiger partial charge in [0.05, 0.1) is 0 Å². The first-order valence-corrected chi connectivity index (χ1v) is 14.2. The van der Waals surface area contributed by atoms with Crippen molar-refractivity contribution in [2.45, 2.75) is 27.7 Å². The average Bonchev–Trinajstić information content (AvgIpc) is 3.03. The zero-order valence-corrected chi connectivity index (χ0v) is 27.2. The Morgan fingerprint density at radius 3 is 1.88 bits per heavy atom. The van der Waals surface area contributed by atoms with Gasteiger partial charge in [0.2, 0.25) is 0 Å². The van der Waals surface area contributed by atoms with Crippen LogP contribution < -0.4 is 0 Å². The summed E-state index contributed by atoms with van der Waals surface area (Å²) in [6, 6.07) is 44.9. The van der Waals surface area contributed by atoms with Gasteiger partial charge in [-0.15, -0.1) is 65.2 Å². The van der Waals surface area contributed by atoms with Gasteiger partial charge in [0, 0.05) is 32.5 Å². The minimum atomic E-state index is 0. The number of nitrogens with zero attached hydrogens (tertiary/aromatic N) is 2. The summed E-state index contributed by atoms with van der Waals surface area (Å²) in [5.74, 6) is 0. The number of aryl methyl sites for hydroxylation is 4. The van der Waals surface area contributed by atoms with E-state index in [0.717, 1.165) is 22.5 Å². The molecule has 0 bridgehead atoms. The van der Waals surface area contributed by atoms with Crippen molar-refractivity contribution in [1.29, 1.82) is 0 Å². The topological polar surface area (TPSA) is 25.8 Å². The summed E-state index contributed by atoms with van der Waals surface area (Å²) in [6.45, 7) is 8.33. The van der Waals surface area contributed by atoms with Crippen molar-refractivity contribution in [3.8, 4) is 33.6 Å². The molecule has 213 valence electrons. The minimum absolute atomic E-state index is 0. The smallest absolute Gasteiger partial charge is 0.0192 e. The van der Waals surface area contributed by atoms with Crippen LogP contribution in [-0.4, -0.2) is 9.97 Å². The van der Waals surface area contributed by atoms with E-state index in [1.807, 2.05) is 24.5 Å². The van der Waals surface area contributed by atoms with Crippen LogP contribution in [0.1, 0.15) is 22.3 Å². The van der Waals surface area contributed by atoms with Crippen molar-refractivity contribution in [3.05, 3.63) is 156 Å². The third kappa shape index (κ3) is 6.65. The molecule has 7 rings (SSSR count). The van der Waals surface area contributed by atoms with Gasteiger partial charge < -0.3 is 9.97 Å². The van der Waals surface area contributed by atoms with Gasteiger partial charge in [-0.05, 0) is 65.3 Å². The second-order valence-corrected chi connectivity index (χ2v) is 10.8. The number of benzene rings is 5. The molecular formula is C40H32IrN2-2. The van der Waals surface area contributed by atoms with Crippen molar-refractivity contribution >= 4 is 21.5 Å². The number of pyridine rings is 2. The summed E-state index contributed by atoms with van der Waals surface area (Å²) in [5, 5.41) is 5.11. The van der Waals surface area contributed by atoms with Gasteiger partial charge in [-0.25, -0.2) is 0 Å². The Balaban J connectivity index is 0.000000197. The van der Waals surface area contributed by atoms with Gasteiger partial charge in [0.25, 0.3) is 0 Å². The molecule has 0 aliphatic carbocycles. The summed E-state index contributed by atoms with van der Waals surface area (Å²) in [6.07, 6.45) is 3.77. The molecule has 0 fully saturated rings. The fourth-order valence-electron chi connectivity index (χ4n) is 5.16. The Bertz CT molecular complexity index is 2010. The van der Waals surface area contributed by atoms with Crippen LogP contribution in [0.5, 0.6) is 0 Å². The first kappa shape index (κ1) is 30.0. The molecule has 43 heavy (non-hydrogen) atoms. The summed E-state index contributed by atoms with van der Waals surface area (Å²) >= 11 is 0. The third-order valence-corrected chi connectivity index (χ3v) is 7.70. The standard InChI is InChI=1S/C26H18N.C14H14N.Ir/c1-18-14-15-27-26(16-18)20-12-10-19(11-13-20)25-17-21-6-2-3-7-22(21)23-8-4-5-9-24(23)25;1-10-4-6-13(7-5-10)14-8-11(2)12(3)9-15-14;/h2-12,14-17H,1H3;4-6,8-9H,1-3H3;/q2*-1;. The van der Waals surface area contributed by atoms with E-state index in [1.54, 1.807) is 0 Å². The van der Waals surface area contributed by atoms with Crippen molar-refractivity contribution in [2.24, 2.45) is 0 Å². The molecule has 0 aliphatic rings. The maximum atomic E-state index is 4.47. The average molecular weight is 733 g/mol. The van der Waals surface area contributed by atoms with E-state index in [0.29, 0.717) is 0 Å². The molecule has 0 saturated carbocycles. The van der Waals surface area contributed by atoms with E-state index in [-0.39, 0.29) is 20.1 Å². The molecule has 1 radical (unpaired) electrons. The van der Waals surface area contributed by atoms with Crippen LogP contribution in [0.4, 0.5) is 0 Å². The molecule has 0 N–H and O–H groups in total. The van der Waals surface area contributed by atoms with Gasteiger partial charge >= 0.3 is 0 Å². The van der Waals surface area contributed by atoms with E-state index in [9.17, 15) is 0 Å². The van der Waals surface area contributed by atoms with E-state index in [2.05, 4.69) is 147 Å². The van der Waals surface area contributed by atoms with Crippen molar-refractivity contribution in [3.63, 3.8) is 0 Å². The molecule has 0 unspecified atom stereocenters. The molecule has 0 saturated heterocycles. The summed E-state index contributed by atoms with van der Waals surface area (Å²) in [4.78, 5) is 8.88. The Kier molecular flexibility index (Phi) is 9.26. The Morgan fingerprint density at radius 2 is 1.21 bits per heavy atom. The molecule has 0 amide bonds. The van der Waals surface area contributed by atoms with Crippen LogP contribution in [0.25, 0.3) is 55.2 Å². The van der Waals surface area contributed by atoms with Crippen molar-refractivity contribution in [2.75, 3.05) is 0 Å². The Labute approximate surface area is 267 Å². The van der Waals surface area contributed by atoms with Gasteiger partial charge in [-0.2, -0.15) is 0 Å². The first-order chi connectivity index (χ1) is 20.5. The third-order valence-electron chi connectivity index (χ3n) is 7.70. The fraction of sp³-hybridized carbons (Fsp3) is 0.100. The number of hydrogen-bond donors (Lipinski definition) is 0. The molecule has 5 aromatic carbocycles. The number of hydrogen-bond acceptors (Lipinski definition) is 2. The van der Waals surface area contributed by atoms with Crippen LogP contribution in [-0.2, 0) is 20.1 Å². The second-order valence-electron chi connectivity index (χ2n) is 10.8. The van der Waals surface area contributed by atoms with E-state index >= 15 is 0 Å². The molecule has 0 atom stereocenters. The number of rotatable bonds is 3. The quantitative estimate of drug-likeness (QED) is 0.134. The van der Waals surface area contributed by atoms with E-state index in [1.165, 1.54) is 54.9 Å². The van der Waals surface area contributed by atoms with E-state index < -0.39 is 0 Å². The molecule has 2 heterocycles. The van der Waals surface area contributed by atoms with Crippen molar-refractivity contribution < 1.29 is 20.1 Å². The monoisotopic (exact) mass is 733 g/mol. The van der Waals surface area contributed by atoms with Gasteiger partial charge in [-0.3, -0.25) is 0 Å². The SMILES string of the molecule is Cc1c[c-]c(-c2cc(C)c(C)cn2)cc1.Cc1ccnc(-c2[c-]cc(-c3cc4ccccc4c4ccccc34)cc2)c1.[Ir]. The van der Waals surface area contributed by atoms with Gasteiger partial charge in [-0.1, -0.05) is 95.9 Å². The number of aromatic nitrogens is 2. The van der Waals surface area contributed by atoms with Crippen molar-refractivity contribution in [1.82, 2.24) is 9.97 Å². The summed E-state index contributed by atoms with van der Waals surface area (Å²) in [5.41, 5.74) is 11.4. The van der Waals surface area contributed by atoms with Crippen LogP contribution in [0.15, 0.2) is 122 Å². The molecular weight excluding hydrogens is 701 g/mol. The Hall–Kier alpha value is -4.43. The predicted molar refractivity (Wildman–Crippen MR) is 176 cm³/mol. The molecule has 0 spiro atoms. The summed E-state index contributed by atoms with van der Waals surface area (Å²) < 4.78 is 0. The summed E-state index contributed by atoms with van der Waals surface area (Å²) in [7, 11) is 0. The molecule has 2 aromatic heterocycles. The zero-order chi connectivity index (χ0) is 29.1.